The molecule has 2 atom stereocenters. The van der Waals surface area contributed by atoms with Crippen LogP contribution in [0.5, 0.6) is 0 Å². The lowest BCUT2D eigenvalue weighted by Crippen LogP contribution is -2.47. The van der Waals surface area contributed by atoms with Crippen molar-refractivity contribution in [3.63, 3.8) is 0 Å². The second-order valence-electron chi connectivity index (χ2n) is 8.58. The van der Waals surface area contributed by atoms with E-state index in [1.165, 1.54) is 11.8 Å². The van der Waals surface area contributed by atoms with Gasteiger partial charge in [-0.1, -0.05) is 73.7 Å². The van der Waals surface area contributed by atoms with Crippen LogP contribution in [0.25, 0.3) is 0 Å². The fourth-order valence-corrected chi connectivity index (χ4v) is 4.22. The number of nitrogens with one attached hydrogen (secondary N) is 2. The minimum absolute atomic E-state index is 0.0914. The standard InChI is InChI=1S/C25H29N5O2/c1-17(2)18-10-12-20(13-11-18)24(19-7-4-3-5-8-19)27-25(32)22-9-6-14-30(22)23(31)15-21-16-26-29-28-21/h3-5,7-8,10-13,16-17,22,24H,6,9,14-15H2,1-2H3,(H,27,32)(H,26,28,29)/t22-,24-/m0/s1. The van der Waals surface area contributed by atoms with Crippen molar-refractivity contribution in [1.82, 2.24) is 25.6 Å². The summed E-state index contributed by atoms with van der Waals surface area (Å²) in [7, 11) is 0. The van der Waals surface area contributed by atoms with Crippen molar-refractivity contribution in [2.45, 2.75) is 51.1 Å². The lowest BCUT2D eigenvalue weighted by Gasteiger charge is -2.27. The minimum atomic E-state index is -0.473. The van der Waals surface area contributed by atoms with Crippen LogP contribution in [0.4, 0.5) is 0 Å². The number of amides is 2. The molecular formula is C25H29N5O2. The van der Waals surface area contributed by atoms with E-state index in [0.29, 0.717) is 24.6 Å². The number of H-pyrrole nitrogens is 1. The van der Waals surface area contributed by atoms with E-state index in [9.17, 15) is 9.59 Å². The Morgan fingerprint density at radius 3 is 2.41 bits per heavy atom. The summed E-state index contributed by atoms with van der Waals surface area (Å²) in [6, 6.07) is 17.6. The van der Waals surface area contributed by atoms with Gasteiger partial charge in [0.05, 0.1) is 24.4 Å². The molecule has 1 saturated heterocycles. The number of hydrogen-bond donors (Lipinski definition) is 2. The van der Waals surface area contributed by atoms with Gasteiger partial charge in [-0.2, -0.15) is 0 Å². The second-order valence-corrected chi connectivity index (χ2v) is 8.58. The first-order valence-electron chi connectivity index (χ1n) is 11.1. The summed E-state index contributed by atoms with van der Waals surface area (Å²) in [5.74, 6) is 0.226. The predicted molar refractivity (Wildman–Crippen MR) is 122 cm³/mol. The van der Waals surface area contributed by atoms with Crippen molar-refractivity contribution in [2.24, 2.45) is 0 Å². The third-order valence-electron chi connectivity index (χ3n) is 6.04. The largest absolute Gasteiger partial charge is 0.343 e. The molecule has 2 heterocycles. The Morgan fingerprint density at radius 2 is 1.75 bits per heavy atom. The number of benzene rings is 2. The van der Waals surface area contributed by atoms with Crippen LogP contribution in [0.15, 0.2) is 60.8 Å². The third kappa shape index (κ3) is 4.88. The van der Waals surface area contributed by atoms with Crippen LogP contribution in [-0.2, 0) is 16.0 Å². The molecule has 32 heavy (non-hydrogen) atoms. The van der Waals surface area contributed by atoms with Crippen molar-refractivity contribution < 1.29 is 9.59 Å². The maximum Gasteiger partial charge on any atom is 0.243 e. The van der Waals surface area contributed by atoms with E-state index in [4.69, 9.17) is 0 Å². The summed E-state index contributed by atoms with van der Waals surface area (Å²) in [6.45, 7) is 4.91. The van der Waals surface area contributed by atoms with E-state index in [0.717, 1.165) is 17.5 Å². The molecule has 1 aliphatic rings. The smallest absolute Gasteiger partial charge is 0.243 e. The van der Waals surface area contributed by atoms with Crippen LogP contribution in [0.2, 0.25) is 0 Å². The molecule has 4 rings (SSSR count). The van der Waals surface area contributed by atoms with Crippen LogP contribution in [0, 0.1) is 0 Å². The second kappa shape index (κ2) is 9.77. The highest BCUT2D eigenvalue weighted by molar-refractivity contribution is 5.89. The molecule has 1 fully saturated rings. The highest BCUT2D eigenvalue weighted by Gasteiger charge is 2.35. The van der Waals surface area contributed by atoms with Gasteiger partial charge in [0.15, 0.2) is 0 Å². The Hall–Kier alpha value is -3.48. The molecule has 2 N–H and O–H groups in total. The van der Waals surface area contributed by atoms with Crippen molar-refractivity contribution in [3.05, 3.63) is 83.2 Å². The molecule has 2 aromatic carbocycles. The van der Waals surface area contributed by atoms with Crippen LogP contribution in [-0.4, -0.2) is 44.7 Å². The quantitative estimate of drug-likeness (QED) is 0.600. The van der Waals surface area contributed by atoms with Gasteiger partial charge in [-0.05, 0) is 35.4 Å². The summed E-state index contributed by atoms with van der Waals surface area (Å²) >= 11 is 0. The summed E-state index contributed by atoms with van der Waals surface area (Å²) in [5.41, 5.74) is 3.94. The summed E-state index contributed by atoms with van der Waals surface area (Å²) in [6.07, 6.45) is 3.17. The average molecular weight is 432 g/mol. The summed E-state index contributed by atoms with van der Waals surface area (Å²) < 4.78 is 0. The van der Waals surface area contributed by atoms with Gasteiger partial charge < -0.3 is 10.2 Å². The first-order chi connectivity index (χ1) is 15.5. The van der Waals surface area contributed by atoms with Gasteiger partial charge >= 0.3 is 0 Å². The maximum atomic E-state index is 13.4. The molecule has 166 valence electrons. The predicted octanol–water partition coefficient (Wildman–Crippen LogP) is 3.37. The molecule has 1 aliphatic heterocycles. The number of aromatic amines is 1. The molecule has 3 aromatic rings. The van der Waals surface area contributed by atoms with Crippen molar-refractivity contribution in [3.8, 4) is 0 Å². The van der Waals surface area contributed by atoms with Crippen LogP contribution in [0.3, 0.4) is 0 Å². The number of aromatic nitrogens is 3. The summed E-state index contributed by atoms with van der Waals surface area (Å²) in [4.78, 5) is 27.9. The molecule has 7 heteroatoms. The van der Waals surface area contributed by atoms with E-state index in [-0.39, 0.29) is 24.3 Å². The first kappa shape index (κ1) is 21.7. The Balaban J connectivity index is 1.53. The minimum Gasteiger partial charge on any atom is -0.343 e. The Kier molecular flexibility index (Phi) is 6.63. The molecule has 1 aromatic heterocycles. The summed E-state index contributed by atoms with van der Waals surface area (Å²) in [5, 5.41) is 13.3. The maximum absolute atomic E-state index is 13.4. The molecule has 2 amide bonds. The zero-order valence-corrected chi connectivity index (χ0v) is 18.5. The zero-order chi connectivity index (χ0) is 22.5. The number of rotatable bonds is 7. The van der Waals surface area contributed by atoms with E-state index in [1.807, 2.05) is 30.3 Å². The van der Waals surface area contributed by atoms with E-state index >= 15 is 0 Å². The number of carbonyl (C=O) groups is 2. The SMILES string of the molecule is CC(C)c1ccc([C@@H](NC(=O)[C@@H]2CCCN2C(=O)Cc2cnn[nH]2)c2ccccc2)cc1. The number of nitrogens with zero attached hydrogens (tertiary/aromatic N) is 3. The molecule has 0 aliphatic carbocycles. The zero-order valence-electron chi connectivity index (χ0n) is 18.5. The van der Waals surface area contributed by atoms with Crippen LogP contribution >= 0.6 is 0 Å². The fourth-order valence-electron chi connectivity index (χ4n) is 4.22. The van der Waals surface area contributed by atoms with Crippen molar-refractivity contribution in [2.75, 3.05) is 6.54 Å². The van der Waals surface area contributed by atoms with Gasteiger partial charge in [0.1, 0.15) is 6.04 Å². The van der Waals surface area contributed by atoms with Crippen molar-refractivity contribution >= 4 is 11.8 Å². The van der Waals surface area contributed by atoms with E-state index < -0.39 is 6.04 Å². The Labute approximate surface area is 188 Å². The van der Waals surface area contributed by atoms with Gasteiger partial charge in [-0.3, -0.25) is 14.7 Å². The van der Waals surface area contributed by atoms with Crippen LogP contribution < -0.4 is 5.32 Å². The number of hydrogen-bond acceptors (Lipinski definition) is 4. The molecule has 0 radical (unpaired) electrons. The topological polar surface area (TPSA) is 91.0 Å². The van der Waals surface area contributed by atoms with E-state index in [2.05, 4.69) is 58.8 Å². The normalized spacial score (nSPS) is 16.8. The lowest BCUT2D eigenvalue weighted by atomic mass is 9.95. The highest BCUT2D eigenvalue weighted by atomic mass is 16.2. The van der Waals surface area contributed by atoms with Gasteiger partial charge in [0.2, 0.25) is 11.8 Å². The molecule has 7 nitrogen and oxygen atoms in total. The number of carbonyl (C=O) groups excluding carboxylic acids is 2. The molecule has 0 saturated carbocycles. The molecule has 0 spiro atoms. The van der Waals surface area contributed by atoms with Crippen molar-refractivity contribution in [1.29, 1.82) is 0 Å². The lowest BCUT2D eigenvalue weighted by molar-refractivity contribution is -0.138. The third-order valence-corrected chi connectivity index (χ3v) is 6.04. The monoisotopic (exact) mass is 431 g/mol. The Morgan fingerprint density at radius 1 is 1.06 bits per heavy atom. The van der Waals surface area contributed by atoms with Gasteiger partial charge in [-0.25, -0.2) is 0 Å². The first-order valence-corrected chi connectivity index (χ1v) is 11.1. The molecular weight excluding hydrogens is 402 g/mol. The van der Waals surface area contributed by atoms with Gasteiger partial charge in [0, 0.05) is 6.54 Å². The van der Waals surface area contributed by atoms with Crippen LogP contribution in [0.1, 0.15) is 61.0 Å². The number of likely N-dealkylation sites (tertiary alicyclic amines) is 1. The van der Waals surface area contributed by atoms with Gasteiger partial charge in [0.25, 0.3) is 0 Å². The fraction of sp³-hybridized carbons (Fsp3) is 0.360. The van der Waals surface area contributed by atoms with E-state index in [1.54, 1.807) is 4.90 Å². The highest BCUT2D eigenvalue weighted by Crippen LogP contribution is 2.26. The average Bonchev–Trinajstić information content (AvgIpc) is 3.50. The Bertz CT molecular complexity index is 1030. The molecule has 0 unspecified atom stereocenters. The molecule has 0 bridgehead atoms. The van der Waals surface area contributed by atoms with Gasteiger partial charge in [-0.15, -0.1) is 5.10 Å².